The predicted octanol–water partition coefficient (Wildman–Crippen LogP) is 2.13. The predicted molar refractivity (Wildman–Crippen MR) is 53.4 cm³/mol. The molecular formula is C9H12NO2P. The van der Waals surface area contributed by atoms with Gasteiger partial charge in [0.05, 0.1) is 13.2 Å². The molecule has 1 aromatic carbocycles. The molecule has 13 heavy (non-hydrogen) atoms. The van der Waals surface area contributed by atoms with Gasteiger partial charge in [-0.3, -0.25) is 0 Å². The van der Waals surface area contributed by atoms with Crippen LogP contribution in [0.4, 0.5) is 5.69 Å². The monoisotopic (exact) mass is 197 g/mol. The molecule has 70 valence electrons. The van der Waals surface area contributed by atoms with Gasteiger partial charge in [0.2, 0.25) is 0 Å². The molecule has 1 aliphatic rings. The standard InChI is InChI=1S/C9H12NO2P/c10-9-3-1-8(2-4-9)7-13-11-5-6-12-13/h1-4H,5-7,10H2. The molecule has 1 heterocycles. The van der Waals surface area contributed by atoms with E-state index in [0.29, 0.717) is 0 Å². The van der Waals surface area contributed by atoms with E-state index in [2.05, 4.69) is 0 Å². The summed E-state index contributed by atoms with van der Waals surface area (Å²) in [5.74, 6) is 0. The minimum absolute atomic E-state index is 0.672. The van der Waals surface area contributed by atoms with Crippen LogP contribution >= 0.6 is 8.38 Å². The highest BCUT2D eigenvalue weighted by molar-refractivity contribution is 7.46. The van der Waals surface area contributed by atoms with Crippen LogP contribution in [0.25, 0.3) is 0 Å². The van der Waals surface area contributed by atoms with Crippen LogP contribution in [-0.2, 0) is 15.2 Å². The zero-order chi connectivity index (χ0) is 9.10. The molecule has 2 N–H and O–H groups in total. The van der Waals surface area contributed by atoms with E-state index in [4.69, 9.17) is 14.8 Å². The van der Waals surface area contributed by atoms with E-state index in [1.807, 2.05) is 24.3 Å². The Morgan fingerprint density at radius 3 is 2.38 bits per heavy atom. The van der Waals surface area contributed by atoms with Crippen LogP contribution in [0.1, 0.15) is 5.56 Å². The summed E-state index contributed by atoms with van der Waals surface area (Å²) < 4.78 is 10.8. The minimum Gasteiger partial charge on any atom is -0.399 e. The highest BCUT2D eigenvalue weighted by Gasteiger charge is 2.16. The molecule has 0 aromatic heterocycles. The molecule has 0 saturated carbocycles. The molecule has 1 fully saturated rings. The summed E-state index contributed by atoms with van der Waals surface area (Å²) in [4.78, 5) is 0. The summed E-state index contributed by atoms with van der Waals surface area (Å²) in [6.45, 7) is 1.47. The number of anilines is 1. The molecule has 0 aliphatic carbocycles. The molecule has 3 nitrogen and oxygen atoms in total. The van der Waals surface area contributed by atoms with Crippen LogP contribution in [0.5, 0.6) is 0 Å². The van der Waals surface area contributed by atoms with Crippen LogP contribution in [0.15, 0.2) is 24.3 Å². The van der Waals surface area contributed by atoms with Gasteiger partial charge in [0.25, 0.3) is 0 Å². The van der Waals surface area contributed by atoms with Gasteiger partial charge in [-0.2, -0.15) is 0 Å². The van der Waals surface area contributed by atoms with Crippen LogP contribution in [0, 0.1) is 0 Å². The van der Waals surface area contributed by atoms with Crippen molar-refractivity contribution in [1.29, 1.82) is 0 Å². The van der Waals surface area contributed by atoms with Gasteiger partial charge in [-0.1, -0.05) is 12.1 Å². The lowest BCUT2D eigenvalue weighted by molar-refractivity contribution is 0.365. The summed E-state index contributed by atoms with van der Waals surface area (Å²) in [6, 6.07) is 7.84. The third kappa shape index (κ3) is 2.41. The summed E-state index contributed by atoms with van der Waals surface area (Å²) in [5, 5.41) is 0. The molecule has 0 radical (unpaired) electrons. The fourth-order valence-electron chi connectivity index (χ4n) is 1.18. The average Bonchev–Trinajstić information content (AvgIpc) is 2.62. The largest absolute Gasteiger partial charge is 0.399 e. The summed E-state index contributed by atoms with van der Waals surface area (Å²) in [5.41, 5.74) is 7.60. The lowest BCUT2D eigenvalue weighted by atomic mass is 10.2. The SMILES string of the molecule is Nc1ccc(CP2OCCO2)cc1. The lowest BCUT2D eigenvalue weighted by Gasteiger charge is -2.07. The van der Waals surface area contributed by atoms with Crippen molar-refractivity contribution in [3.63, 3.8) is 0 Å². The molecule has 1 aromatic rings. The first-order valence-corrected chi connectivity index (χ1v) is 5.59. The Balaban J connectivity index is 1.97. The van der Waals surface area contributed by atoms with Crippen LogP contribution < -0.4 is 5.73 Å². The molecule has 0 atom stereocenters. The Labute approximate surface area is 78.8 Å². The molecular weight excluding hydrogens is 185 g/mol. The maximum atomic E-state index is 5.58. The number of nitrogens with two attached hydrogens (primary N) is 1. The van der Waals surface area contributed by atoms with Gasteiger partial charge < -0.3 is 14.8 Å². The van der Waals surface area contributed by atoms with Crippen molar-refractivity contribution >= 4 is 14.1 Å². The number of rotatable bonds is 2. The fourth-order valence-corrected chi connectivity index (χ4v) is 2.50. The normalized spacial score (nSPS) is 17.8. The molecule has 1 saturated heterocycles. The van der Waals surface area contributed by atoms with E-state index >= 15 is 0 Å². The second-order valence-corrected chi connectivity index (χ2v) is 4.40. The van der Waals surface area contributed by atoms with E-state index in [0.717, 1.165) is 25.1 Å². The van der Waals surface area contributed by atoms with Gasteiger partial charge in [-0.25, -0.2) is 0 Å². The zero-order valence-corrected chi connectivity index (χ0v) is 8.17. The van der Waals surface area contributed by atoms with Crippen LogP contribution in [0.3, 0.4) is 0 Å². The Bertz CT molecular complexity index is 269. The Morgan fingerprint density at radius 2 is 1.77 bits per heavy atom. The molecule has 0 bridgehead atoms. The number of hydrogen-bond donors (Lipinski definition) is 1. The average molecular weight is 197 g/mol. The quantitative estimate of drug-likeness (QED) is 0.583. The lowest BCUT2D eigenvalue weighted by Crippen LogP contribution is -1.87. The Morgan fingerprint density at radius 1 is 1.15 bits per heavy atom. The second kappa shape index (κ2) is 4.05. The van der Waals surface area contributed by atoms with Crippen molar-refractivity contribution in [2.45, 2.75) is 6.16 Å². The highest BCUT2D eigenvalue weighted by atomic mass is 31.2. The topological polar surface area (TPSA) is 44.5 Å². The number of benzene rings is 1. The maximum absolute atomic E-state index is 5.58. The first kappa shape index (κ1) is 8.95. The zero-order valence-electron chi connectivity index (χ0n) is 7.27. The maximum Gasteiger partial charge on any atom is 0.175 e. The smallest absolute Gasteiger partial charge is 0.175 e. The molecule has 2 rings (SSSR count). The van der Waals surface area contributed by atoms with E-state index < -0.39 is 8.38 Å². The molecule has 0 unspecified atom stereocenters. The van der Waals surface area contributed by atoms with Crippen molar-refractivity contribution in [3.05, 3.63) is 29.8 Å². The molecule has 0 spiro atoms. The van der Waals surface area contributed by atoms with Crippen LogP contribution in [0.2, 0.25) is 0 Å². The summed E-state index contributed by atoms with van der Waals surface area (Å²) in [6.07, 6.45) is 0.871. The first-order chi connectivity index (χ1) is 6.34. The van der Waals surface area contributed by atoms with E-state index in [1.165, 1.54) is 5.56 Å². The number of nitrogen functional groups attached to an aromatic ring is 1. The third-order valence-electron chi connectivity index (χ3n) is 1.85. The van der Waals surface area contributed by atoms with Crippen molar-refractivity contribution in [3.8, 4) is 0 Å². The van der Waals surface area contributed by atoms with E-state index in [-0.39, 0.29) is 0 Å². The summed E-state index contributed by atoms with van der Waals surface area (Å²) >= 11 is 0. The van der Waals surface area contributed by atoms with Gasteiger partial charge in [0, 0.05) is 11.8 Å². The molecule has 1 aliphatic heterocycles. The minimum atomic E-state index is -0.672. The number of hydrogen-bond acceptors (Lipinski definition) is 3. The third-order valence-corrected chi connectivity index (χ3v) is 3.41. The Kier molecular flexibility index (Phi) is 2.79. The first-order valence-electron chi connectivity index (χ1n) is 4.22. The van der Waals surface area contributed by atoms with Gasteiger partial charge in [0.1, 0.15) is 0 Å². The molecule has 0 amide bonds. The Hall–Kier alpha value is -0.630. The van der Waals surface area contributed by atoms with Gasteiger partial charge >= 0.3 is 0 Å². The van der Waals surface area contributed by atoms with Crippen molar-refractivity contribution < 1.29 is 9.05 Å². The van der Waals surface area contributed by atoms with Crippen LogP contribution in [-0.4, -0.2) is 13.2 Å². The van der Waals surface area contributed by atoms with Gasteiger partial charge in [0.15, 0.2) is 8.38 Å². The second-order valence-electron chi connectivity index (χ2n) is 2.90. The fraction of sp³-hybridized carbons (Fsp3) is 0.333. The van der Waals surface area contributed by atoms with Gasteiger partial charge in [-0.05, 0) is 17.7 Å². The van der Waals surface area contributed by atoms with Crippen molar-refractivity contribution in [2.24, 2.45) is 0 Å². The van der Waals surface area contributed by atoms with Crippen molar-refractivity contribution in [1.82, 2.24) is 0 Å². The van der Waals surface area contributed by atoms with Gasteiger partial charge in [-0.15, -0.1) is 0 Å². The van der Waals surface area contributed by atoms with Crippen molar-refractivity contribution in [2.75, 3.05) is 18.9 Å². The van der Waals surface area contributed by atoms with E-state index in [1.54, 1.807) is 0 Å². The van der Waals surface area contributed by atoms with E-state index in [9.17, 15) is 0 Å². The molecule has 4 heteroatoms. The highest BCUT2D eigenvalue weighted by Crippen LogP contribution is 2.45. The summed E-state index contributed by atoms with van der Waals surface area (Å²) in [7, 11) is -0.672.